The van der Waals surface area contributed by atoms with Gasteiger partial charge in [0.1, 0.15) is 5.41 Å². The minimum absolute atomic E-state index is 0.0613. The van der Waals surface area contributed by atoms with Crippen LogP contribution in [-0.4, -0.2) is 43.0 Å². The topological polar surface area (TPSA) is 97.8 Å². The van der Waals surface area contributed by atoms with Crippen LogP contribution < -0.4 is 0 Å². The number of nitrogens with zero attached hydrogens (tertiary/aromatic N) is 1. The fourth-order valence-electron chi connectivity index (χ4n) is 3.49. The molecule has 3 rings (SSSR count). The first-order valence-electron chi connectivity index (χ1n) is 9.70. The maximum atomic E-state index is 13.4. The number of benzene rings is 1. The number of ether oxygens (including phenoxy) is 1. The molecule has 0 bridgehead atoms. The van der Waals surface area contributed by atoms with Crippen LogP contribution in [0.4, 0.5) is 0 Å². The van der Waals surface area contributed by atoms with E-state index in [9.17, 15) is 22.8 Å². The average Bonchev–Trinajstić information content (AvgIpc) is 3.34. The van der Waals surface area contributed by atoms with E-state index in [0.717, 1.165) is 15.9 Å². The van der Waals surface area contributed by atoms with Gasteiger partial charge in [0, 0.05) is 6.08 Å². The monoisotopic (exact) mass is 461 g/mol. The predicted molar refractivity (Wildman–Crippen MR) is 116 cm³/mol. The molecule has 1 aromatic carbocycles. The normalized spacial score (nSPS) is 21.6. The Morgan fingerprint density at radius 2 is 1.94 bits per heavy atom. The van der Waals surface area contributed by atoms with Crippen LogP contribution in [0.2, 0.25) is 0 Å². The van der Waals surface area contributed by atoms with Gasteiger partial charge in [-0.15, -0.1) is 11.3 Å². The van der Waals surface area contributed by atoms with Crippen LogP contribution in [0.5, 0.6) is 0 Å². The van der Waals surface area contributed by atoms with Crippen molar-refractivity contribution in [3.63, 3.8) is 0 Å². The summed E-state index contributed by atoms with van der Waals surface area (Å²) < 4.78 is 32.3. The number of sulfonamides is 1. The van der Waals surface area contributed by atoms with Crippen molar-refractivity contribution in [3.8, 4) is 0 Å². The van der Waals surface area contributed by atoms with Crippen LogP contribution in [0.25, 0.3) is 0 Å². The zero-order valence-corrected chi connectivity index (χ0v) is 19.0. The zero-order valence-electron chi connectivity index (χ0n) is 17.4. The first-order chi connectivity index (χ1) is 14.6. The highest BCUT2D eigenvalue weighted by Crippen LogP contribution is 2.42. The second-order valence-corrected chi connectivity index (χ2v) is 10.2. The van der Waals surface area contributed by atoms with Crippen LogP contribution in [0, 0.1) is 12.3 Å². The van der Waals surface area contributed by atoms with Crippen LogP contribution in [0.3, 0.4) is 0 Å². The average molecular weight is 462 g/mol. The molecule has 0 spiro atoms. The van der Waals surface area contributed by atoms with Crippen molar-refractivity contribution < 1.29 is 27.5 Å². The van der Waals surface area contributed by atoms with Crippen LogP contribution in [-0.2, 0) is 24.3 Å². The first-order valence-corrected chi connectivity index (χ1v) is 12.0. The number of hydrogen-bond acceptors (Lipinski definition) is 7. The van der Waals surface area contributed by atoms with Crippen molar-refractivity contribution in [2.24, 2.45) is 5.41 Å². The lowest BCUT2D eigenvalue weighted by atomic mass is 9.82. The number of amides is 1. The molecule has 1 aliphatic rings. The third-order valence-electron chi connectivity index (χ3n) is 5.16. The summed E-state index contributed by atoms with van der Waals surface area (Å²) in [5.41, 5.74) is -0.713. The number of carbonyl (C=O) groups excluding carboxylic acids is 3. The van der Waals surface area contributed by atoms with Gasteiger partial charge in [-0.1, -0.05) is 29.8 Å². The van der Waals surface area contributed by atoms with Crippen molar-refractivity contribution >= 4 is 39.0 Å². The number of Topliss-reactive ketones (excluding diaryl/α,β-unsaturated/α-hetero) is 1. The van der Waals surface area contributed by atoms with Gasteiger partial charge in [-0.05, 0) is 50.8 Å². The molecule has 0 unspecified atom stereocenters. The summed E-state index contributed by atoms with van der Waals surface area (Å²) >= 11 is 1.19. The molecule has 0 radical (unpaired) electrons. The highest BCUT2D eigenvalue weighted by molar-refractivity contribution is 7.89. The van der Waals surface area contributed by atoms with Gasteiger partial charge in [-0.3, -0.25) is 9.59 Å². The molecule has 2 atom stereocenters. The largest absolute Gasteiger partial charge is 0.463 e. The molecule has 164 valence electrons. The van der Waals surface area contributed by atoms with E-state index < -0.39 is 39.1 Å². The molecule has 7 nitrogen and oxygen atoms in total. The van der Waals surface area contributed by atoms with Gasteiger partial charge in [0.2, 0.25) is 0 Å². The maximum Gasteiger partial charge on any atom is 0.330 e. The Kier molecular flexibility index (Phi) is 6.47. The highest BCUT2D eigenvalue weighted by atomic mass is 32.2. The van der Waals surface area contributed by atoms with Gasteiger partial charge >= 0.3 is 5.97 Å². The minimum atomic E-state index is -4.26. The first kappa shape index (κ1) is 22.9. The lowest BCUT2D eigenvalue weighted by Crippen LogP contribution is -2.42. The van der Waals surface area contributed by atoms with E-state index >= 15 is 0 Å². The van der Waals surface area contributed by atoms with E-state index in [1.807, 2.05) is 6.92 Å². The van der Waals surface area contributed by atoms with Crippen molar-refractivity contribution in [2.45, 2.75) is 38.1 Å². The second kappa shape index (κ2) is 8.76. The molecule has 0 saturated carbocycles. The van der Waals surface area contributed by atoms with E-state index in [4.69, 9.17) is 4.74 Å². The summed E-state index contributed by atoms with van der Waals surface area (Å²) in [6, 6.07) is 8.39. The molecule has 2 aromatic rings. The number of ketones is 1. The van der Waals surface area contributed by atoms with Crippen molar-refractivity contribution in [1.82, 2.24) is 4.31 Å². The summed E-state index contributed by atoms with van der Waals surface area (Å²) in [6.07, 6.45) is 2.33. The fourth-order valence-corrected chi connectivity index (χ4v) is 5.91. The molecule has 1 saturated heterocycles. The maximum absolute atomic E-state index is 13.4. The van der Waals surface area contributed by atoms with Gasteiger partial charge in [0.15, 0.2) is 5.78 Å². The van der Waals surface area contributed by atoms with Gasteiger partial charge in [-0.25, -0.2) is 17.5 Å². The number of rotatable bonds is 7. The summed E-state index contributed by atoms with van der Waals surface area (Å²) in [7, 11) is -4.26. The van der Waals surface area contributed by atoms with Crippen LogP contribution >= 0.6 is 11.3 Å². The molecule has 31 heavy (non-hydrogen) atoms. The Morgan fingerprint density at radius 1 is 1.26 bits per heavy atom. The van der Waals surface area contributed by atoms with E-state index in [0.29, 0.717) is 4.88 Å². The highest BCUT2D eigenvalue weighted by Gasteiger charge is 2.56. The van der Waals surface area contributed by atoms with E-state index in [2.05, 4.69) is 0 Å². The Morgan fingerprint density at radius 3 is 2.52 bits per heavy atom. The Hall–Kier alpha value is -2.78. The number of aryl methyl sites for hydroxylation is 1. The van der Waals surface area contributed by atoms with Crippen molar-refractivity contribution in [3.05, 3.63) is 64.4 Å². The summed E-state index contributed by atoms with van der Waals surface area (Å²) in [5, 5.41) is 1.72. The minimum Gasteiger partial charge on any atom is -0.463 e. The standard InChI is InChI=1S/C22H23NO6S2/c1-4-29-19(24)12-9-16-14-22(3,20(25)18-6-5-13-30-18)21(26)23(16)31(27,28)17-10-7-15(2)8-11-17/h5-13,16H,4,14H2,1-3H3/b12-9+/t16-,22-/m0/s1. The Bertz CT molecular complexity index is 1120. The Balaban J connectivity index is 2.06. The molecule has 1 amide bonds. The van der Waals surface area contributed by atoms with Gasteiger partial charge in [-0.2, -0.15) is 0 Å². The SMILES string of the molecule is CCOC(=O)/C=C/[C@H]1C[C@@](C)(C(=O)c2cccs2)C(=O)N1S(=O)(=O)c1ccc(C)cc1. The molecular formula is C22H23NO6S2. The molecule has 1 aliphatic heterocycles. The van der Waals surface area contributed by atoms with E-state index in [1.165, 1.54) is 36.5 Å². The fraction of sp³-hybridized carbons (Fsp3) is 0.318. The number of thiophene rings is 1. The van der Waals surface area contributed by atoms with Gasteiger partial charge < -0.3 is 4.74 Å². The number of hydrogen-bond donors (Lipinski definition) is 0. The summed E-state index contributed by atoms with van der Waals surface area (Å²) in [5.74, 6) is -1.91. The van der Waals surface area contributed by atoms with Crippen LogP contribution in [0.15, 0.2) is 58.8 Å². The second-order valence-electron chi connectivity index (χ2n) is 7.44. The molecule has 9 heteroatoms. The number of esters is 1. The molecule has 0 aliphatic carbocycles. The molecular weight excluding hydrogens is 438 g/mol. The lowest BCUT2D eigenvalue weighted by Gasteiger charge is -2.23. The summed E-state index contributed by atoms with van der Waals surface area (Å²) in [4.78, 5) is 38.7. The molecule has 1 aromatic heterocycles. The van der Waals surface area contributed by atoms with Gasteiger partial charge in [0.05, 0.1) is 22.4 Å². The Labute approximate surface area is 185 Å². The van der Waals surface area contributed by atoms with Crippen molar-refractivity contribution in [1.29, 1.82) is 0 Å². The third kappa shape index (κ3) is 4.33. The zero-order chi connectivity index (χ0) is 22.8. The summed E-state index contributed by atoms with van der Waals surface area (Å²) in [6.45, 7) is 5.08. The lowest BCUT2D eigenvalue weighted by molar-refractivity contribution is -0.137. The van der Waals surface area contributed by atoms with Crippen LogP contribution in [0.1, 0.15) is 35.5 Å². The van der Waals surface area contributed by atoms with E-state index in [1.54, 1.807) is 36.6 Å². The molecule has 1 fully saturated rings. The quantitative estimate of drug-likeness (QED) is 0.271. The van der Waals surface area contributed by atoms with E-state index in [-0.39, 0.29) is 17.9 Å². The molecule has 2 heterocycles. The number of carbonyl (C=O) groups is 3. The van der Waals surface area contributed by atoms with Crippen molar-refractivity contribution in [2.75, 3.05) is 6.61 Å². The third-order valence-corrected chi connectivity index (χ3v) is 7.85. The molecule has 0 N–H and O–H groups in total. The van der Waals surface area contributed by atoms with Gasteiger partial charge in [0.25, 0.3) is 15.9 Å². The smallest absolute Gasteiger partial charge is 0.330 e. The predicted octanol–water partition coefficient (Wildman–Crippen LogP) is 3.35.